The van der Waals surface area contributed by atoms with Crippen molar-refractivity contribution in [2.75, 3.05) is 12.8 Å². The monoisotopic (exact) mass is 393 g/mol. The van der Waals surface area contributed by atoms with Crippen molar-refractivity contribution in [3.8, 4) is 27.4 Å². The number of hydrogen-bond donors (Lipinski definition) is 1. The fraction of sp³-hybridized carbons (Fsp3) is 0.143. The van der Waals surface area contributed by atoms with Crippen molar-refractivity contribution >= 4 is 27.8 Å². The molecule has 136 valence electrons. The Hall–Kier alpha value is -2.70. The molecule has 0 radical (unpaired) electrons. The minimum atomic E-state index is 0.578. The van der Waals surface area contributed by atoms with E-state index in [9.17, 15) is 0 Å². The first-order valence-electron chi connectivity index (χ1n) is 8.54. The molecule has 27 heavy (non-hydrogen) atoms. The predicted molar refractivity (Wildman–Crippen MR) is 114 cm³/mol. The highest BCUT2D eigenvalue weighted by atomic mass is 32.1. The van der Waals surface area contributed by atoms with Gasteiger partial charge in [-0.25, -0.2) is 9.97 Å². The van der Waals surface area contributed by atoms with Crippen LogP contribution in [0.25, 0.3) is 21.7 Å². The summed E-state index contributed by atoms with van der Waals surface area (Å²) in [6.07, 6.45) is 0.724. The first-order chi connectivity index (χ1) is 13.1. The molecule has 0 spiro atoms. The Morgan fingerprint density at radius 1 is 1.04 bits per heavy atom. The Balaban J connectivity index is 1.65. The maximum Gasteiger partial charge on any atom is 0.180 e. The Bertz CT molecular complexity index is 1070. The minimum absolute atomic E-state index is 0.578. The van der Waals surface area contributed by atoms with Crippen LogP contribution in [0.1, 0.15) is 16.3 Å². The molecule has 4 nitrogen and oxygen atoms in total. The van der Waals surface area contributed by atoms with Gasteiger partial charge in [0, 0.05) is 17.4 Å². The normalized spacial score (nSPS) is 10.9. The third kappa shape index (κ3) is 3.72. The van der Waals surface area contributed by atoms with Crippen LogP contribution in [0.5, 0.6) is 5.75 Å². The number of nitrogens with two attached hydrogens (primary N) is 1. The number of nitrogen functional groups attached to an aromatic ring is 1. The van der Waals surface area contributed by atoms with E-state index in [1.807, 2.05) is 19.1 Å². The largest absolute Gasteiger partial charge is 0.496 e. The molecule has 0 unspecified atom stereocenters. The maximum absolute atomic E-state index is 5.82. The molecule has 0 aliphatic rings. The fourth-order valence-electron chi connectivity index (χ4n) is 3.04. The summed E-state index contributed by atoms with van der Waals surface area (Å²) in [4.78, 5) is 10.1. The van der Waals surface area contributed by atoms with E-state index in [0.717, 1.165) is 39.0 Å². The topological polar surface area (TPSA) is 61.0 Å². The molecule has 4 rings (SSSR count). The number of hydrogen-bond acceptors (Lipinski definition) is 6. The molecule has 0 atom stereocenters. The summed E-state index contributed by atoms with van der Waals surface area (Å²) in [5.41, 5.74) is 11.2. The molecule has 0 fully saturated rings. The van der Waals surface area contributed by atoms with Crippen LogP contribution in [0.4, 0.5) is 5.13 Å². The second kappa shape index (κ2) is 7.50. The molecule has 2 heterocycles. The second-order valence-electron chi connectivity index (χ2n) is 6.16. The van der Waals surface area contributed by atoms with E-state index in [4.69, 9.17) is 15.5 Å². The highest BCUT2D eigenvalue weighted by Crippen LogP contribution is 2.34. The third-order valence-electron chi connectivity index (χ3n) is 4.33. The zero-order chi connectivity index (χ0) is 18.8. The number of thiazole rings is 2. The van der Waals surface area contributed by atoms with Crippen LogP contribution in [0.3, 0.4) is 0 Å². The van der Waals surface area contributed by atoms with Gasteiger partial charge in [0.1, 0.15) is 5.75 Å². The zero-order valence-corrected chi connectivity index (χ0v) is 16.7. The average Bonchev–Trinajstić information content (AvgIpc) is 3.28. The maximum atomic E-state index is 5.82. The first-order valence-corrected chi connectivity index (χ1v) is 10.2. The van der Waals surface area contributed by atoms with Crippen LogP contribution in [0, 0.1) is 6.92 Å². The SMILES string of the molecule is COc1ccc(-c2ccccc2)cc1Cc1nc(-c2sc(N)nc2C)cs1. The van der Waals surface area contributed by atoms with E-state index >= 15 is 0 Å². The van der Waals surface area contributed by atoms with Gasteiger partial charge < -0.3 is 10.5 Å². The highest BCUT2D eigenvalue weighted by molar-refractivity contribution is 7.19. The lowest BCUT2D eigenvalue weighted by Crippen LogP contribution is -1.94. The Morgan fingerprint density at radius 3 is 2.56 bits per heavy atom. The van der Waals surface area contributed by atoms with Gasteiger partial charge in [-0.2, -0.15) is 0 Å². The zero-order valence-electron chi connectivity index (χ0n) is 15.1. The summed E-state index contributed by atoms with van der Waals surface area (Å²) in [6, 6.07) is 16.7. The summed E-state index contributed by atoms with van der Waals surface area (Å²) in [6.45, 7) is 1.97. The number of anilines is 1. The lowest BCUT2D eigenvalue weighted by atomic mass is 10.0. The first kappa shape index (κ1) is 17.7. The van der Waals surface area contributed by atoms with Gasteiger partial charge in [0.25, 0.3) is 0 Å². The standard InChI is InChI=1S/C21H19N3OS2/c1-13-20(27-21(22)23-13)17-12-26-19(24-17)11-16-10-15(8-9-18(16)25-2)14-6-4-3-5-7-14/h3-10,12H,11H2,1-2H3,(H2,22,23). The number of aromatic nitrogens is 2. The Kier molecular flexibility index (Phi) is 4.92. The van der Waals surface area contributed by atoms with Crippen molar-refractivity contribution in [1.29, 1.82) is 0 Å². The Labute approximate surface area is 166 Å². The van der Waals surface area contributed by atoms with Gasteiger partial charge >= 0.3 is 0 Å². The van der Waals surface area contributed by atoms with Crippen LogP contribution in [-0.2, 0) is 6.42 Å². The summed E-state index contributed by atoms with van der Waals surface area (Å²) < 4.78 is 5.57. The summed E-state index contributed by atoms with van der Waals surface area (Å²) in [5.74, 6) is 0.879. The number of benzene rings is 2. The van der Waals surface area contributed by atoms with Crippen LogP contribution in [0.2, 0.25) is 0 Å². The minimum Gasteiger partial charge on any atom is -0.496 e. The number of methoxy groups -OCH3 is 1. The molecule has 0 saturated heterocycles. The van der Waals surface area contributed by atoms with Gasteiger partial charge in [0.2, 0.25) is 0 Å². The quantitative estimate of drug-likeness (QED) is 0.491. The van der Waals surface area contributed by atoms with Crippen molar-refractivity contribution in [3.05, 3.63) is 70.2 Å². The van der Waals surface area contributed by atoms with Gasteiger partial charge in [-0.15, -0.1) is 11.3 Å². The lowest BCUT2D eigenvalue weighted by Gasteiger charge is -2.10. The van der Waals surface area contributed by atoms with E-state index in [1.165, 1.54) is 22.5 Å². The van der Waals surface area contributed by atoms with Gasteiger partial charge in [-0.3, -0.25) is 0 Å². The number of aryl methyl sites for hydroxylation is 1. The number of rotatable bonds is 5. The van der Waals surface area contributed by atoms with E-state index in [1.54, 1.807) is 18.4 Å². The molecule has 2 N–H and O–H groups in total. The molecule has 2 aromatic heterocycles. The van der Waals surface area contributed by atoms with Crippen LogP contribution in [0.15, 0.2) is 53.9 Å². The summed E-state index contributed by atoms with van der Waals surface area (Å²) in [7, 11) is 1.71. The Morgan fingerprint density at radius 2 is 1.85 bits per heavy atom. The van der Waals surface area contributed by atoms with E-state index < -0.39 is 0 Å². The van der Waals surface area contributed by atoms with Crippen molar-refractivity contribution in [2.24, 2.45) is 0 Å². The summed E-state index contributed by atoms with van der Waals surface area (Å²) in [5, 5.41) is 3.69. The molecule has 0 aliphatic carbocycles. The molecular weight excluding hydrogens is 374 g/mol. The molecule has 0 saturated carbocycles. The van der Waals surface area contributed by atoms with Crippen LogP contribution < -0.4 is 10.5 Å². The van der Waals surface area contributed by atoms with Crippen molar-refractivity contribution in [1.82, 2.24) is 9.97 Å². The van der Waals surface area contributed by atoms with Crippen LogP contribution in [-0.4, -0.2) is 17.1 Å². The van der Waals surface area contributed by atoms with E-state index in [-0.39, 0.29) is 0 Å². The highest BCUT2D eigenvalue weighted by Gasteiger charge is 2.14. The number of nitrogens with zero attached hydrogens (tertiary/aromatic N) is 2. The lowest BCUT2D eigenvalue weighted by molar-refractivity contribution is 0.410. The van der Waals surface area contributed by atoms with Crippen molar-refractivity contribution in [3.63, 3.8) is 0 Å². The molecule has 2 aromatic carbocycles. The molecule has 4 aromatic rings. The molecule has 0 bridgehead atoms. The molecule has 0 amide bonds. The third-order valence-corrected chi connectivity index (χ3v) is 6.18. The number of ether oxygens (including phenoxy) is 1. The average molecular weight is 394 g/mol. The van der Waals surface area contributed by atoms with Crippen molar-refractivity contribution < 1.29 is 4.74 Å². The molecule has 6 heteroatoms. The van der Waals surface area contributed by atoms with Crippen LogP contribution >= 0.6 is 22.7 Å². The van der Waals surface area contributed by atoms with Gasteiger partial charge in [0.15, 0.2) is 5.13 Å². The molecular formula is C21H19N3OS2. The fourth-order valence-corrected chi connectivity index (χ4v) is 4.72. The summed E-state index contributed by atoms with van der Waals surface area (Å²) >= 11 is 3.13. The molecule has 0 aliphatic heterocycles. The van der Waals surface area contributed by atoms with Crippen molar-refractivity contribution in [2.45, 2.75) is 13.3 Å². The van der Waals surface area contributed by atoms with Gasteiger partial charge in [0.05, 0.1) is 28.4 Å². The second-order valence-corrected chi connectivity index (χ2v) is 8.14. The van der Waals surface area contributed by atoms with E-state index in [0.29, 0.717) is 5.13 Å². The van der Waals surface area contributed by atoms with Gasteiger partial charge in [-0.05, 0) is 30.2 Å². The van der Waals surface area contributed by atoms with E-state index in [2.05, 4.69) is 46.8 Å². The predicted octanol–water partition coefficient (Wildman–Crippen LogP) is 5.42. The smallest absolute Gasteiger partial charge is 0.180 e. The van der Waals surface area contributed by atoms with Gasteiger partial charge in [-0.1, -0.05) is 47.7 Å².